The summed E-state index contributed by atoms with van der Waals surface area (Å²) in [5.74, 6) is 1.60. The molecule has 23 heavy (non-hydrogen) atoms. The summed E-state index contributed by atoms with van der Waals surface area (Å²) in [6, 6.07) is 3.59. The maximum absolute atomic E-state index is 12.9. The van der Waals surface area contributed by atoms with Gasteiger partial charge in [-0.2, -0.15) is 0 Å². The standard InChI is InChI=1S/C17H23N3O3/c1-11(2)15-10-13(19-22-15)17(21)20-8-6-4-5-7-14(20)16-9-12(3)18-23-16/h9-11,14H,4-8H2,1-3H3. The van der Waals surface area contributed by atoms with Crippen LogP contribution in [0.2, 0.25) is 0 Å². The molecular weight excluding hydrogens is 294 g/mol. The molecule has 3 heterocycles. The predicted molar refractivity (Wildman–Crippen MR) is 84.1 cm³/mol. The van der Waals surface area contributed by atoms with Crippen LogP contribution in [-0.4, -0.2) is 27.7 Å². The fourth-order valence-electron chi connectivity index (χ4n) is 3.00. The Morgan fingerprint density at radius 1 is 1.22 bits per heavy atom. The third-order valence-electron chi connectivity index (χ3n) is 4.30. The molecule has 1 saturated heterocycles. The van der Waals surface area contributed by atoms with Crippen LogP contribution in [0.1, 0.15) is 79.2 Å². The largest absolute Gasteiger partial charge is 0.360 e. The lowest BCUT2D eigenvalue weighted by Crippen LogP contribution is -2.34. The van der Waals surface area contributed by atoms with Crippen molar-refractivity contribution in [2.75, 3.05) is 6.54 Å². The summed E-state index contributed by atoms with van der Waals surface area (Å²) < 4.78 is 10.7. The van der Waals surface area contributed by atoms with Crippen molar-refractivity contribution >= 4 is 5.91 Å². The van der Waals surface area contributed by atoms with Gasteiger partial charge in [0.1, 0.15) is 5.76 Å². The Kier molecular flexibility index (Phi) is 4.50. The molecular formula is C17H23N3O3. The maximum Gasteiger partial charge on any atom is 0.276 e. The van der Waals surface area contributed by atoms with Crippen molar-refractivity contribution in [3.05, 3.63) is 35.0 Å². The molecule has 2 aromatic heterocycles. The highest BCUT2D eigenvalue weighted by Crippen LogP contribution is 2.32. The Morgan fingerprint density at radius 2 is 2.04 bits per heavy atom. The molecule has 6 heteroatoms. The van der Waals surface area contributed by atoms with Crippen LogP contribution in [-0.2, 0) is 0 Å². The number of nitrogens with zero attached hydrogens (tertiary/aromatic N) is 3. The lowest BCUT2D eigenvalue weighted by atomic mass is 10.1. The second-order valence-corrected chi connectivity index (χ2v) is 6.50. The van der Waals surface area contributed by atoms with Crippen molar-refractivity contribution in [3.8, 4) is 0 Å². The number of hydrogen-bond acceptors (Lipinski definition) is 5. The quantitative estimate of drug-likeness (QED) is 0.859. The molecule has 0 aliphatic carbocycles. The van der Waals surface area contributed by atoms with Gasteiger partial charge in [-0.25, -0.2) is 0 Å². The number of likely N-dealkylation sites (tertiary alicyclic amines) is 1. The Morgan fingerprint density at radius 3 is 2.70 bits per heavy atom. The van der Waals surface area contributed by atoms with Crippen LogP contribution < -0.4 is 0 Å². The van der Waals surface area contributed by atoms with Gasteiger partial charge in [-0.3, -0.25) is 4.79 Å². The first-order chi connectivity index (χ1) is 11.1. The zero-order chi connectivity index (χ0) is 16.4. The molecule has 0 N–H and O–H groups in total. The van der Waals surface area contributed by atoms with Gasteiger partial charge in [-0.05, 0) is 19.8 Å². The van der Waals surface area contributed by atoms with Crippen LogP contribution in [0, 0.1) is 6.92 Å². The van der Waals surface area contributed by atoms with Crippen molar-refractivity contribution in [2.45, 2.75) is 58.4 Å². The van der Waals surface area contributed by atoms with E-state index in [1.807, 2.05) is 31.7 Å². The molecule has 124 valence electrons. The van der Waals surface area contributed by atoms with E-state index in [2.05, 4.69) is 10.3 Å². The molecule has 0 aromatic carbocycles. The fourth-order valence-corrected chi connectivity index (χ4v) is 3.00. The summed E-state index contributed by atoms with van der Waals surface area (Å²) in [5.41, 5.74) is 1.21. The fraction of sp³-hybridized carbons (Fsp3) is 0.588. The highest BCUT2D eigenvalue weighted by molar-refractivity contribution is 5.92. The van der Waals surface area contributed by atoms with E-state index in [4.69, 9.17) is 9.05 Å². The molecule has 2 aromatic rings. The topological polar surface area (TPSA) is 72.4 Å². The number of carbonyl (C=O) groups is 1. The average molecular weight is 317 g/mol. The average Bonchev–Trinajstić information content (AvgIpc) is 3.10. The van der Waals surface area contributed by atoms with Gasteiger partial charge in [-0.1, -0.05) is 37.0 Å². The van der Waals surface area contributed by atoms with Gasteiger partial charge in [-0.15, -0.1) is 0 Å². The molecule has 3 rings (SSSR count). The van der Waals surface area contributed by atoms with Crippen LogP contribution >= 0.6 is 0 Å². The number of aromatic nitrogens is 2. The van der Waals surface area contributed by atoms with Gasteiger partial charge in [0.25, 0.3) is 5.91 Å². The molecule has 1 unspecified atom stereocenters. The summed E-state index contributed by atoms with van der Waals surface area (Å²) in [5, 5.41) is 7.93. The smallest absolute Gasteiger partial charge is 0.276 e. The van der Waals surface area contributed by atoms with Crippen molar-refractivity contribution in [1.82, 2.24) is 15.2 Å². The zero-order valence-electron chi connectivity index (χ0n) is 13.9. The van der Waals surface area contributed by atoms with Crippen LogP contribution in [0.25, 0.3) is 0 Å². The Hall–Kier alpha value is -2.11. The van der Waals surface area contributed by atoms with E-state index in [9.17, 15) is 4.79 Å². The molecule has 0 spiro atoms. The zero-order valence-corrected chi connectivity index (χ0v) is 13.9. The molecule has 1 aliphatic rings. The van der Waals surface area contributed by atoms with Crippen molar-refractivity contribution < 1.29 is 13.8 Å². The molecule has 0 saturated carbocycles. The first-order valence-corrected chi connectivity index (χ1v) is 8.27. The minimum atomic E-state index is -0.0957. The van der Waals surface area contributed by atoms with E-state index in [1.165, 1.54) is 0 Å². The molecule has 1 atom stereocenters. The monoisotopic (exact) mass is 317 g/mol. The van der Waals surface area contributed by atoms with Gasteiger partial charge in [0.15, 0.2) is 11.5 Å². The molecule has 1 aliphatic heterocycles. The minimum absolute atomic E-state index is 0.0783. The van der Waals surface area contributed by atoms with Crippen molar-refractivity contribution in [1.29, 1.82) is 0 Å². The van der Waals surface area contributed by atoms with Crippen molar-refractivity contribution in [3.63, 3.8) is 0 Å². The molecule has 6 nitrogen and oxygen atoms in total. The van der Waals surface area contributed by atoms with E-state index in [1.54, 1.807) is 6.07 Å². The van der Waals surface area contributed by atoms with E-state index in [0.717, 1.165) is 42.9 Å². The third kappa shape index (κ3) is 3.30. The molecule has 1 amide bonds. The first-order valence-electron chi connectivity index (χ1n) is 8.27. The highest BCUT2D eigenvalue weighted by atomic mass is 16.5. The lowest BCUT2D eigenvalue weighted by Gasteiger charge is -2.27. The van der Waals surface area contributed by atoms with Crippen LogP contribution in [0.3, 0.4) is 0 Å². The highest BCUT2D eigenvalue weighted by Gasteiger charge is 2.31. The maximum atomic E-state index is 12.9. The van der Waals surface area contributed by atoms with E-state index in [-0.39, 0.29) is 17.9 Å². The molecule has 1 fully saturated rings. The van der Waals surface area contributed by atoms with E-state index >= 15 is 0 Å². The lowest BCUT2D eigenvalue weighted by molar-refractivity contribution is 0.0640. The summed E-state index contributed by atoms with van der Waals surface area (Å²) in [6.45, 7) is 6.62. The summed E-state index contributed by atoms with van der Waals surface area (Å²) in [4.78, 5) is 14.8. The summed E-state index contributed by atoms with van der Waals surface area (Å²) >= 11 is 0. The van der Waals surface area contributed by atoms with Gasteiger partial charge < -0.3 is 13.9 Å². The molecule has 0 bridgehead atoms. The summed E-state index contributed by atoms with van der Waals surface area (Å²) in [7, 11) is 0. The minimum Gasteiger partial charge on any atom is -0.360 e. The number of aryl methyl sites for hydroxylation is 1. The van der Waals surface area contributed by atoms with Crippen LogP contribution in [0.4, 0.5) is 0 Å². The van der Waals surface area contributed by atoms with Gasteiger partial charge in [0.05, 0.1) is 11.7 Å². The Labute approximate surface area is 135 Å². The summed E-state index contributed by atoms with van der Waals surface area (Å²) in [6.07, 6.45) is 4.06. The van der Waals surface area contributed by atoms with Crippen molar-refractivity contribution in [2.24, 2.45) is 0 Å². The van der Waals surface area contributed by atoms with E-state index in [0.29, 0.717) is 12.2 Å². The number of amides is 1. The Balaban J connectivity index is 1.87. The predicted octanol–water partition coefficient (Wildman–Crippen LogP) is 3.85. The SMILES string of the molecule is Cc1cc(C2CCCCCN2C(=O)c2cc(C(C)C)on2)on1. The second-order valence-electron chi connectivity index (χ2n) is 6.50. The number of hydrogen-bond donors (Lipinski definition) is 0. The number of carbonyl (C=O) groups excluding carboxylic acids is 1. The number of rotatable bonds is 3. The first kappa shape index (κ1) is 15.8. The van der Waals surface area contributed by atoms with Crippen LogP contribution in [0.5, 0.6) is 0 Å². The third-order valence-corrected chi connectivity index (χ3v) is 4.30. The van der Waals surface area contributed by atoms with Crippen LogP contribution in [0.15, 0.2) is 21.2 Å². The Bertz CT molecular complexity index is 674. The normalized spacial score (nSPS) is 19.1. The van der Waals surface area contributed by atoms with Gasteiger partial charge in [0.2, 0.25) is 0 Å². The van der Waals surface area contributed by atoms with Gasteiger partial charge in [0, 0.05) is 24.6 Å². The van der Waals surface area contributed by atoms with Gasteiger partial charge >= 0.3 is 0 Å². The van der Waals surface area contributed by atoms with E-state index < -0.39 is 0 Å². The second kappa shape index (κ2) is 6.56. The molecule has 0 radical (unpaired) electrons.